The third kappa shape index (κ3) is 3.21. The summed E-state index contributed by atoms with van der Waals surface area (Å²) in [6.45, 7) is 3.07. The maximum atomic E-state index is 9.25. The number of hydrogen-bond donors (Lipinski definition) is 2. The molecule has 0 aliphatic heterocycles. The smallest absolute Gasteiger partial charge is 0.0558 e. The van der Waals surface area contributed by atoms with Crippen LogP contribution in [0.15, 0.2) is 0 Å². The fraction of sp³-hybridized carbons (Fsp3) is 1.00. The molecule has 100 valence electrons. The number of aliphatic hydroxyl groups excluding tert-OH is 1. The zero-order valence-electron chi connectivity index (χ0n) is 11.0. The lowest BCUT2D eigenvalue weighted by atomic mass is 9.85. The highest BCUT2D eigenvalue weighted by Crippen LogP contribution is 2.39. The zero-order valence-corrected chi connectivity index (χ0v) is 11.0. The summed E-state index contributed by atoms with van der Waals surface area (Å²) in [6.07, 6.45) is 10.6. The fourth-order valence-electron chi connectivity index (χ4n) is 3.77. The molecule has 3 nitrogen and oxygen atoms in total. The molecule has 0 atom stereocenters. The van der Waals surface area contributed by atoms with Crippen LogP contribution in [0.3, 0.4) is 0 Å². The third-order valence-corrected chi connectivity index (χ3v) is 4.86. The maximum Gasteiger partial charge on any atom is 0.0558 e. The molecule has 2 saturated carbocycles. The van der Waals surface area contributed by atoms with E-state index in [-0.39, 0.29) is 6.61 Å². The summed E-state index contributed by atoms with van der Waals surface area (Å²) in [4.78, 5) is 2.53. The zero-order chi connectivity index (χ0) is 12.1. The fourth-order valence-corrected chi connectivity index (χ4v) is 3.77. The Morgan fingerprint density at radius 1 is 1.12 bits per heavy atom. The van der Waals surface area contributed by atoms with E-state index in [1.165, 1.54) is 51.4 Å². The van der Waals surface area contributed by atoms with Crippen molar-refractivity contribution in [2.45, 2.75) is 57.4 Å². The summed E-state index contributed by atoms with van der Waals surface area (Å²) >= 11 is 0. The highest BCUT2D eigenvalue weighted by molar-refractivity contribution is 4.90. The van der Waals surface area contributed by atoms with Gasteiger partial charge in [-0.15, -0.1) is 0 Å². The first-order valence-corrected chi connectivity index (χ1v) is 7.35. The molecule has 0 heterocycles. The van der Waals surface area contributed by atoms with Crippen LogP contribution in [0.4, 0.5) is 0 Å². The van der Waals surface area contributed by atoms with E-state index >= 15 is 0 Å². The van der Waals surface area contributed by atoms with Gasteiger partial charge in [0, 0.05) is 19.1 Å². The van der Waals surface area contributed by atoms with Crippen LogP contribution in [0.5, 0.6) is 0 Å². The first-order chi connectivity index (χ1) is 8.29. The average molecular weight is 240 g/mol. The van der Waals surface area contributed by atoms with Crippen LogP contribution in [0.1, 0.15) is 51.4 Å². The summed E-state index contributed by atoms with van der Waals surface area (Å²) in [7, 11) is 0. The lowest BCUT2D eigenvalue weighted by Gasteiger charge is -2.37. The van der Waals surface area contributed by atoms with Crippen molar-refractivity contribution in [2.75, 3.05) is 26.2 Å². The van der Waals surface area contributed by atoms with E-state index in [1.54, 1.807) is 0 Å². The molecule has 0 radical (unpaired) electrons. The quantitative estimate of drug-likeness (QED) is 0.743. The van der Waals surface area contributed by atoms with Crippen LogP contribution in [0.25, 0.3) is 0 Å². The van der Waals surface area contributed by atoms with Gasteiger partial charge in [-0.2, -0.15) is 0 Å². The molecule has 0 aromatic carbocycles. The van der Waals surface area contributed by atoms with Gasteiger partial charge in [-0.3, -0.25) is 4.90 Å². The Balaban J connectivity index is 1.95. The lowest BCUT2D eigenvalue weighted by molar-refractivity contribution is 0.0938. The van der Waals surface area contributed by atoms with Crippen molar-refractivity contribution < 1.29 is 5.11 Å². The van der Waals surface area contributed by atoms with E-state index in [1.807, 2.05) is 0 Å². The van der Waals surface area contributed by atoms with Gasteiger partial charge in [-0.25, -0.2) is 0 Å². The maximum absolute atomic E-state index is 9.25. The van der Waals surface area contributed by atoms with Gasteiger partial charge >= 0.3 is 0 Å². The Labute approximate surface area is 105 Å². The molecule has 3 heteroatoms. The molecule has 0 amide bonds. The molecule has 17 heavy (non-hydrogen) atoms. The van der Waals surface area contributed by atoms with E-state index in [4.69, 9.17) is 5.73 Å². The van der Waals surface area contributed by atoms with Crippen LogP contribution in [0, 0.1) is 5.41 Å². The van der Waals surface area contributed by atoms with Crippen LogP contribution >= 0.6 is 0 Å². The highest BCUT2D eigenvalue weighted by atomic mass is 16.3. The molecule has 0 aromatic rings. The molecule has 2 aliphatic rings. The van der Waals surface area contributed by atoms with Crippen molar-refractivity contribution in [2.24, 2.45) is 11.1 Å². The van der Waals surface area contributed by atoms with Gasteiger partial charge in [-0.05, 0) is 37.6 Å². The van der Waals surface area contributed by atoms with E-state index in [0.29, 0.717) is 11.5 Å². The standard InChI is InChI=1S/C14H28N2O/c15-11-14(7-3-4-8-14)12-16(9-10-17)13-5-1-2-6-13/h13,17H,1-12,15H2. The van der Waals surface area contributed by atoms with Crippen molar-refractivity contribution in [1.82, 2.24) is 4.90 Å². The molecule has 0 spiro atoms. The Bertz CT molecular complexity index is 220. The van der Waals surface area contributed by atoms with Gasteiger partial charge in [-0.1, -0.05) is 25.7 Å². The molecular formula is C14H28N2O. The highest BCUT2D eigenvalue weighted by Gasteiger charge is 2.36. The Kier molecular flexibility index (Phi) is 4.83. The second kappa shape index (κ2) is 6.17. The number of hydrogen-bond acceptors (Lipinski definition) is 3. The lowest BCUT2D eigenvalue weighted by Crippen LogP contribution is -2.46. The van der Waals surface area contributed by atoms with Crippen LogP contribution in [0.2, 0.25) is 0 Å². The summed E-state index contributed by atoms with van der Waals surface area (Å²) in [6, 6.07) is 0.714. The topological polar surface area (TPSA) is 49.5 Å². The molecular weight excluding hydrogens is 212 g/mol. The van der Waals surface area contributed by atoms with Gasteiger partial charge in [0.2, 0.25) is 0 Å². The van der Waals surface area contributed by atoms with Gasteiger partial charge in [0.05, 0.1) is 6.61 Å². The van der Waals surface area contributed by atoms with Gasteiger partial charge in [0.1, 0.15) is 0 Å². The van der Waals surface area contributed by atoms with Gasteiger partial charge in [0.15, 0.2) is 0 Å². The largest absolute Gasteiger partial charge is 0.395 e. The van der Waals surface area contributed by atoms with Crippen LogP contribution in [-0.2, 0) is 0 Å². The summed E-state index contributed by atoms with van der Waals surface area (Å²) in [5.74, 6) is 0. The van der Waals surface area contributed by atoms with Gasteiger partial charge in [0.25, 0.3) is 0 Å². The molecule has 3 N–H and O–H groups in total. The van der Waals surface area contributed by atoms with Crippen molar-refractivity contribution >= 4 is 0 Å². The van der Waals surface area contributed by atoms with Crippen molar-refractivity contribution in [1.29, 1.82) is 0 Å². The number of aliphatic hydroxyl groups is 1. The second-order valence-corrected chi connectivity index (χ2v) is 6.04. The van der Waals surface area contributed by atoms with E-state index in [2.05, 4.69) is 4.90 Å². The van der Waals surface area contributed by atoms with Crippen LogP contribution < -0.4 is 5.73 Å². The minimum absolute atomic E-state index is 0.289. The molecule has 0 bridgehead atoms. The second-order valence-electron chi connectivity index (χ2n) is 6.04. The number of nitrogens with zero attached hydrogens (tertiary/aromatic N) is 1. The molecule has 2 rings (SSSR count). The first kappa shape index (κ1) is 13.3. The minimum Gasteiger partial charge on any atom is -0.395 e. The van der Waals surface area contributed by atoms with Crippen molar-refractivity contribution in [3.63, 3.8) is 0 Å². The molecule has 0 saturated heterocycles. The number of nitrogens with two attached hydrogens (primary N) is 1. The SMILES string of the molecule is NCC1(CN(CCO)C2CCCC2)CCCC1. The summed E-state index contributed by atoms with van der Waals surface area (Å²) < 4.78 is 0. The molecule has 0 aromatic heterocycles. The Hall–Kier alpha value is -0.120. The minimum atomic E-state index is 0.289. The Morgan fingerprint density at radius 3 is 2.29 bits per heavy atom. The van der Waals surface area contributed by atoms with Crippen LogP contribution in [-0.4, -0.2) is 42.3 Å². The summed E-state index contributed by atoms with van der Waals surface area (Å²) in [5, 5.41) is 9.25. The predicted octanol–water partition coefficient (Wildman–Crippen LogP) is 1.74. The predicted molar refractivity (Wildman–Crippen MR) is 70.9 cm³/mol. The van der Waals surface area contributed by atoms with Crippen molar-refractivity contribution in [3.05, 3.63) is 0 Å². The van der Waals surface area contributed by atoms with Gasteiger partial charge < -0.3 is 10.8 Å². The third-order valence-electron chi connectivity index (χ3n) is 4.86. The normalized spacial score (nSPS) is 24.9. The molecule has 2 aliphatic carbocycles. The number of rotatable bonds is 6. The summed E-state index contributed by atoms with van der Waals surface area (Å²) in [5.41, 5.74) is 6.38. The van der Waals surface area contributed by atoms with E-state index in [9.17, 15) is 5.11 Å². The molecule has 0 unspecified atom stereocenters. The first-order valence-electron chi connectivity index (χ1n) is 7.35. The monoisotopic (exact) mass is 240 g/mol. The average Bonchev–Trinajstić information content (AvgIpc) is 3.00. The Morgan fingerprint density at radius 2 is 1.76 bits per heavy atom. The molecule has 2 fully saturated rings. The van der Waals surface area contributed by atoms with Crippen molar-refractivity contribution in [3.8, 4) is 0 Å². The van der Waals surface area contributed by atoms with E-state index in [0.717, 1.165) is 19.6 Å². The van der Waals surface area contributed by atoms with E-state index < -0.39 is 0 Å².